The Bertz CT molecular complexity index is 756. The van der Waals surface area contributed by atoms with Crippen LogP contribution in [0.15, 0.2) is 36.4 Å². The number of rotatable bonds is 2. The summed E-state index contributed by atoms with van der Waals surface area (Å²) >= 11 is 0. The standard InChI is InChI=1S/C28H43OP/c1-25(2,3)19-13-20(26(4,5)6)16-23(15-19)30(29)24-17-21(27(7,8)9)14-22(18-24)28(10,11)12/h13-18,29H,1-12H3. The van der Waals surface area contributed by atoms with Crippen LogP contribution in [0.1, 0.15) is 105 Å². The Morgan fingerprint density at radius 3 is 0.800 bits per heavy atom. The molecule has 0 aliphatic heterocycles. The van der Waals surface area contributed by atoms with E-state index in [2.05, 4.69) is 119 Å². The normalized spacial score (nSPS) is 13.8. The van der Waals surface area contributed by atoms with E-state index in [1.807, 2.05) is 0 Å². The zero-order chi connectivity index (χ0) is 23.3. The minimum absolute atomic E-state index is 0.0377. The molecule has 0 unspecified atom stereocenters. The third kappa shape index (κ3) is 5.95. The Hall–Kier alpha value is -1.17. The molecular weight excluding hydrogens is 383 g/mol. The molecule has 166 valence electrons. The summed E-state index contributed by atoms with van der Waals surface area (Å²) in [6, 6.07) is 13.5. The van der Waals surface area contributed by atoms with Gasteiger partial charge >= 0.3 is 0 Å². The van der Waals surface area contributed by atoms with Crippen LogP contribution in [-0.2, 0) is 21.7 Å². The second kappa shape index (κ2) is 8.07. The molecule has 0 spiro atoms. The van der Waals surface area contributed by atoms with Gasteiger partial charge in [-0.1, -0.05) is 95.2 Å². The van der Waals surface area contributed by atoms with Crippen molar-refractivity contribution >= 4 is 18.8 Å². The van der Waals surface area contributed by atoms with Crippen LogP contribution in [0.3, 0.4) is 0 Å². The fraction of sp³-hybridized carbons (Fsp3) is 0.571. The molecule has 0 aliphatic carbocycles. The fourth-order valence-electron chi connectivity index (χ4n) is 3.35. The molecule has 2 rings (SSSR count). The lowest BCUT2D eigenvalue weighted by Crippen LogP contribution is -2.24. The van der Waals surface area contributed by atoms with Crippen LogP contribution < -0.4 is 10.6 Å². The van der Waals surface area contributed by atoms with Crippen molar-refractivity contribution in [3.63, 3.8) is 0 Å². The molecule has 0 radical (unpaired) electrons. The third-order valence-electron chi connectivity index (χ3n) is 5.79. The van der Waals surface area contributed by atoms with Crippen LogP contribution in [0, 0.1) is 0 Å². The molecule has 0 fully saturated rings. The Kier molecular flexibility index (Phi) is 6.75. The first-order chi connectivity index (χ1) is 13.3. The highest BCUT2D eigenvalue weighted by atomic mass is 31.1. The van der Waals surface area contributed by atoms with E-state index in [-0.39, 0.29) is 21.7 Å². The summed E-state index contributed by atoms with van der Waals surface area (Å²) in [5, 5.41) is 2.10. The van der Waals surface area contributed by atoms with Crippen molar-refractivity contribution in [2.24, 2.45) is 0 Å². The highest BCUT2D eigenvalue weighted by Gasteiger charge is 2.26. The van der Waals surface area contributed by atoms with Crippen molar-refractivity contribution in [1.29, 1.82) is 0 Å². The molecule has 0 aliphatic rings. The van der Waals surface area contributed by atoms with Crippen molar-refractivity contribution in [2.45, 2.75) is 105 Å². The van der Waals surface area contributed by atoms with Crippen molar-refractivity contribution in [1.82, 2.24) is 0 Å². The van der Waals surface area contributed by atoms with E-state index in [0.717, 1.165) is 10.6 Å². The van der Waals surface area contributed by atoms with E-state index >= 15 is 0 Å². The Morgan fingerprint density at radius 2 is 0.633 bits per heavy atom. The Labute approximate surface area is 187 Å². The maximum Gasteiger partial charge on any atom is 0.0877 e. The number of benzene rings is 2. The lowest BCUT2D eigenvalue weighted by molar-refractivity contribution is 0.569. The molecule has 30 heavy (non-hydrogen) atoms. The van der Waals surface area contributed by atoms with Crippen molar-refractivity contribution in [3.8, 4) is 0 Å². The SMILES string of the molecule is CC(C)(C)c1cc(P(O)c2cc(C(C)(C)C)cc(C(C)(C)C)c2)cc(C(C)(C)C)c1. The minimum atomic E-state index is -1.42. The first-order valence-corrected chi connectivity index (χ1v) is 12.4. The van der Waals surface area contributed by atoms with E-state index in [1.165, 1.54) is 22.3 Å². The van der Waals surface area contributed by atoms with Crippen LogP contribution in [0.5, 0.6) is 0 Å². The lowest BCUT2D eigenvalue weighted by atomic mass is 9.81. The number of hydrogen-bond donors (Lipinski definition) is 1. The molecule has 0 saturated carbocycles. The lowest BCUT2D eigenvalue weighted by Gasteiger charge is -2.29. The molecule has 2 aromatic carbocycles. The predicted octanol–water partition coefficient (Wildman–Crippen LogP) is 7.22. The van der Waals surface area contributed by atoms with Gasteiger partial charge in [-0.25, -0.2) is 0 Å². The van der Waals surface area contributed by atoms with Gasteiger partial charge in [0.25, 0.3) is 0 Å². The summed E-state index contributed by atoms with van der Waals surface area (Å²) in [4.78, 5) is 11.6. The van der Waals surface area contributed by atoms with Crippen LogP contribution in [-0.4, -0.2) is 4.89 Å². The summed E-state index contributed by atoms with van der Waals surface area (Å²) < 4.78 is 0. The second-order valence-corrected chi connectivity index (χ2v) is 14.5. The van der Waals surface area contributed by atoms with E-state index in [1.54, 1.807) is 0 Å². The summed E-state index contributed by atoms with van der Waals surface area (Å²) in [6.45, 7) is 27.0. The second-order valence-electron chi connectivity index (χ2n) is 12.8. The van der Waals surface area contributed by atoms with Crippen LogP contribution in [0.2, 0.25) is 0 Å². The molecule has 1 nitrogen and oxygen atoms in total. The highest BCUT2D eigenvalue weighted by Crippen LogP contribution is 2.37. The highest BCUT2D eigenvalue weighted by molar-refractivity contribution is 7.67. The van der Waals surface area contributed by atoms with Gasteiger partial charge in [-0.2, -0.15) is 0 Å². The van der Waals surface area contributed by atoms with Crippen LogP contribution >= 0.6 is 8.15 Å². The van der Waals surface area contributed by atoms with E-state index < -0.39 is 8.15 Å². The molecule has 2 aromatic rings. The van der Waals surface area contributed by atoms with Gasteiger partial charge in [-0.3, -0.25) is 0 Å². The van der Waals surface area contributed by atoms with Gasteiger partial charge in [0.1, 0.15) is 0 Å². The van der Waals surface area contributed by atoms with E-state index in [4.69, 9.17) is 0 Å². The molecule has 0 aromatic heterocycles. The Balaban J connectivity index is 2.72. The largest absolute Gasteiger partial charge is 0.364 e. The van der Waals surface area contributed by atoms with Crippen LogP contribution in [0.25, 0.3) is 0 Å². The molecule has 1 N–H and O–H groups in total. The summed E-state index contributed by atoms with van der Waals surface area (Å²) in [5.74, 6) is 0. The average Bonchev–Trinajstić information content (AvgIpc) is 2.57. The minimum Gasteiger partial charge on any atom is -0.364 e. The van der Waals surface area contributed by atoms with E-state index in [0.29, 0.717) is 0 Å². The van der Waals surface area contributed by atoms with E-state index in [9.17, 15) is 4.89 Å². The summed E-state index contributed by atoms with van der Waals surface area (Å²) in [5.41, 5.74) is 5.30. The monoisotopic (exact) mass is 426 g/mol. The van der Waals surface area contributed by atoms with Crippen LogP contribution in [0.4, 0.5) is 0 Å². The van der Waals surface area contributed by atoms with Gasteiger partial charge in [0.05, 0.1) is 8.15 Å². The Morgan fingerprint density at radius 1 is 0.433 bits per heavy atom. The van der Waals surface area contributed by atoms with Gasteiger partial charge in [-0.15, -0.1) is 0 Å². The van der Waals surface area contributed by atoms with Gasteiger partial charge in [0.2, 0.25) is 0 Å². The molecule has 0 bridgehead atoms. The smallest absolute Gasteiger partial charge is 0.0877 e. The maximum atomic E-state index is 11.6. The van der Waals surface area contributed by atoms with Gasteiger partial charge in [0.15, 0.2) is 0 Å². The molecule has 0 saturated heterocycles. The third-order valence-corrected chi connectivity index (χ3v) is 7.28. The molecule has 0 amide bonds. The molecule has 2 heteroatoms. The van der Waals surface area contributed by atoms with Gasteiger partial charge < -0.3 is 4.89 Å². The van der Waals surface area contributed by atoms with Gasteiger partial charge in [0, 0.05) is 10.6 Å². The van der Waals surface area contributed by atoms with Crippen molar-refractivity contribution < 1.29 is 4.89 Å². The zero-order valence-corrected chi connectivity index (χ0v) is 22.3. The quantitative estimate of drug-likeness (QED) is 0.503. The summed E-state index contributed by atoms with van der Waals surface area (Å²) in [6.07, 6.45) is 0. The average molecular weight is 427 g/mol. The first-order valence-electron chi connectivity index (χ1n) is 11.1. The number of hydrogen-bond acceptors (Lipinski definition) is 1. The fourth-order valence-corrected chi connectivity index (χ4v) is 4.69. The van der Waals surface area contributed by atoms with Gasteiger partial charge in [-0.05, 0) is 68.2 Å². The molecule has 0 heterocycles. The first kappa shape index (κ1) is 25.1. The topological polar surface area (TPSA) is 20.2 Å². The predicted molar refractivity (Wildman–Crippen MR) is 136 cm³/mol. The van der Waals surface area contributed by atoms with Crippen molar-refractivity contribution in [3.05, 3.63) is 58.7 Å². The summed E-state index contributed by atoms with van der Waals surface area (Å²) in [7, 11) is -1.42. The molecular formula is C28H43OP. The zero-order valence-electron chi connectivity index (χ0n) is 21.4. The van der Waals surface area contributed by atoms with Crippen molar-refractivity contribution in [2.75, 3.05) is 0 Å². The molecule has 0 atom stereocenters. The maximum absolute atomic E-state index is 11.6.